The van der Waals surface area contributed by atoms with Crippen LogP contribution in [0.4, 0.5) is 0 Å². The molecule has 2 heterocycles. The van der Waals surface area contributed by atoms with Crippen molar-refractivity contribution in [1.82, 2.24) is 0 Å². The second kappa shape index (κ2) is 6.36. The van der Waals surface area contributed by atoms with Gasteiger partial charge in [-0.05, 0) is 26.8 Å². The Morgan fingerprint density at radius 1 is 1.32 bits per heavy atom. The summed E-state index contributed by atoms with van der Waals surface area (Å²) in [6, 6.07) is 10.9. The molecule has 3 rings (SSSR count). The minimum atomic E-state index is -0.708. The number of benzene rings is 1. The summed E-state index contributed by atoms with van der Waals surface area (Å²) in [7, 11) is 0. The van der Waals surface area contributed by atoms with E-state index >= 15 is 0 Å². The van der Waals surface area contributed by atoms with E-state index in [0.717, 1.165) is 0 Å². The van der Waals surface area contributed by atoms with Crippen LogP contribution >= 0.6 is 0 Å². The van der Waals surface area contributed by atoms with Crippen LogP contribution in [0, 0.1) is 18.3 Å². The van der Waals surface area contributed by atoms with Crippen LogP contribution in [0.15, 0.2) is 51.0 Å². The van der Waals surface area contributed by atoms with Crippen LogP contribution in [-0.2, 0) is 0 Å². The van der Waals surface area contributed by atoms with Gasteiger partial charge in [0.05, 0.1) is 17.6 Å². The molecule has 0 spiro atoms. The topological polar surface area (TPSA) is 98.5 Å². The number of hydrogen-bond donors (Lipinski definition) is 1. The van der Waals surface area contributed by atoms with Crippen molar-refractivity contribution in [3.05, 3.63) is 69.1 Å². The van der Waals surface area contributed by atoms with E-state index in [0.29, 0.717) is 22.8 Å². The van der Waals surface area contributed by atoms with Crippen LogP contribution in [0.3, 0.4) is 0 Å². The average Bonchev–Trinajstić information content (AvgIpc) is 2.53. The van der Waals surface area contributed by atoms with E-state index in [4.69, 9.17) is 19.6 Å². The number of ether oxygens (including phenoxy) is 2. The Bertz CT molecular complexity index is 951. The van der Waals surface area contributed by atoms with Gasteiger partial charge in [-0.2, -0.15) is 5.26 Å². The van der Waals surface area contributed by atoms with Crippen LogP contribution in [0.1, 0.15) is 36.7 Å². The number of fused-ring (bicyclic) bond motifs is 1. The molecule has 0 bridgehead atoms. The lowest BCUT2D eigenvalue weighted by atomic mass is 9.84. The zero-order valence-corrected chi connectivity index (χ0v) is 14.2. The number of rotatable bonds is 3. The molecule has 0 amide bonds. The van der Waals surface area contributed by atoms with Crippen molar-refractivity contribution in [2.45, 2.75) is 32.8 Å². The third kappa shape index (κ3) is 2.96. The summed E-state index contributed by atoms with van der Waals surface area (Å²) in [5.74, 6) is 0.554. The maximum absolute atomic E-state index is 12.5. The minimum Gasteiger partial charge on any atom is -0.491 e. The van der Waals surface area contributed by atoms with E-state index in [1.54, 1.807) is 25.1 Å². The summed E-state index contributed by atoms with van der Waals surface area (Å²) in [4.78, 5) is 12.5. The van der Waals surface area contributed by atoms with Gasteiger partial charge in [0.2, 0.25) is 5.88 Å². The van der Waals surface area contributed by atoms with Crippen LogP contribution in [0.5, 0.6) is 11.5 Å². The third-order valence-corrected chi connectivity index (χ3v) is 3.85. The molecule has 128 valence electrons. The van der Waals surface area contributed by atoms with Crippen molar-refractivity contribution in [2.24, 2.45) is 5.73 Å². The number of hydrogen-bond acceptors (Lipinski definition) is 6. The van der Waals surface area contributed by atoms with Gasteiger partial charge in [-0.3, -0.25) is 0 Å². The normalized spacial score (nSPS) is 16.2. The van der Waals surface area contributed by atoms with Crippen molar-refractivity contribution in [3.63, 3.8) is 0 Å². The first-order chi connectivity index (χ1) is 11.9. The summed E-state index contributed by atoms with van der Waals surface area (Å²) in [6.07, 6.45) is -0.0678. The van der Waals surface area contributed by atoms with E-state index in [2.05, 4.69) is 6.07 Å². The van der Waals surface area contributed by atoms with Gasteiger partial charge in [0.15, 0.2) is 0 Å². The van der Waals surface area contributed by atoms with Crippen LogP contribution in [0.2, 0.25) is 0 Å². The monoisotopic (exact) mass is 338 g/mol. The largest absolute Gasteiger partial charge is 0.491 e. The summed E-state index contributed by atoms with van der Waals surface area (Å²) in [6.45, 7) is 5.46. The molecular formula is C19H18N2O4. The first kappa shape index (κ1) is 16.7. The van der Waals surface area contributed by atoms with Gasteiger partial charge >= 0.3 is 5.63 Å². The summed E-state index contributed by atoms with van der Waals surface area (Å²) in [5.41, 5.74) is 6.45. The molecule has 0 fully saturated rings. The molecule has 2 aromatic rings. The summed E-state index contributed by atoms with van der Waals surface area (Å²) >= 11 is 0. The number of para-hydroxylation sites is 1. The average molecular weight is 338 g/mol. The Balaban J connectivity index is 2.29. The Hall–Kier alpha value is -3.20. The number of nitrogens with two attached hydrogens (primary N) is 1. The minimum absolute atomic E-state index is 0.0237. The maximum atomic E-state index is 12.5. The van der Waals surface area contributed by atoms with E-state index in [9.17, 15) is 10.1 Å². The van der Waals surface area contributed by atoms with Gasteiger partial charge in [0.25, 0.3) is 0 Å². The molecule has 0 saturated carbocycles. The molecule has 0 saturated heterocycles. The maximum Gasteiger partial charge on any atom is 0.343 e. The van der Waals surface area contributed by atoms with Gasteiger partial charge in [0.1, 0.15) is 28.9 Å². The first-order valence-electron chi connectivity index (χ1n) is 7.90. The lowest BCUT2D eigenvalue weighted by Crippen LogP contribution is -2.26. The molecule has 25 heavy (non-hydrogen) atoms. The van der Waals surface area contributed by atoms with E-state index < -0.39 is 11.5 Å². The number of nitriles is 1. The Morgan fingerprint density at radius 2 is 2.04 bits per heavy atom. The van der Waals surface area contributed by atoms with Crippen molar-refractivity contribution in [2.75, 3.05) is 0 Å². The Kier molecular flexibility index (Phi) is 4.24. The molecule has 1 aromatic heterocycles. The van der Waals surface area contributed by atoms with Gasteiger partial charge in [-0.25, -0.2) is 4.79 Å². The summed E-state index contributed by atoms with van der Waals surface area (Å²) < 4.78 is 16.6. The van der Waals surface area contributed by atoms with Crippen molar-refractivity contribution < 1.29 is 13.9 Å². The van der Waals surface area contributed by atoms with E-state index in [1.165, 1.54) is 0 Å². The molecule has 1 aliphatic heterocycles. The fourth-order valence-corrected chi connectivity index (χ4v) is 2.91. The lowest BCUT2D eigenvalue weighted by Gasteiger charge is -2.27. The highest BCUT2D eigenvalue weighted by molar-refractivity contribution is 5.57. The quantitative estimate of drug-likeness (QED) is 0.924. The molecule has 6 heteroatoms. The molecule has 2 N–H and O–H groups in total. The van der Waals surface area contributed by atoms with Crippen LogP contribution < -0.4 is 20.8 Å². The molecule has 1 atom stereocenters. The van der Waals surface area contributed by atoms with E-state index in [1.807, 2.05) is 26.0 Å². The summed E-state index contributed by atoms with van der Waals surface area (Å²) in [5, 5.41) is 9.60. The molecule has 6 nitrogen and oxygen atoms in total. The molecule has 1 aliphatic rings. The highest BCUT2D eigenvalue weighted by Gasteiger charge is 2.35. The highest BCUT2D eigenvalue weighted by Crippen LogP contribution is 2.43. The van der Waals surface area contributed by atoms with Crippen molar-refractivity contribution in [1.29, 1.82) is 5.26 Å². The van der Waals surface area contributed by atoms with Gasteiger partial charge in [-0.1, -0.05) is 18.2 Å². The van der Waals surface area contributed by atoms with Crippen LogP contribution in [0.25, 0.3) is 0 Å². The standard InChI is InChI=1S/C19H18N2O4/c1-10(2)23-14-7-5-4-6-12(14)16-13(9-20)18(21)25-15-8-11(3)24-19(22)17(15)16/h4-8,10,16H,21H2,1-3H3/t16-/m1/s1. The zero-order valence-electron chi connectivity index (χ0n) is 14.2. The first-order valence-corrected chi connectivity index (χ1v) is 7.90. The fraction of sp³-hybridized carbons (Fsp3) is 0.263. The van der Waals surface area contributed by atoms with Crippen LogP contribution in [-0.4, -0.2) is 6.10 Å². The smallest absolute Gasteiger partial charge is 0.343 e. The predicted molar refractivity (Wildman–Crippen MR) is 91.2 cm³/mol. The zero-order chi connectivity index (χ0) is 18.1. The third-order valence-electron chi connectivity index (χ3n) is 3.85. The van der Waals surface area contributed by atoms with Crippen molar-refractivity contribution in [3.8, 4) is 17.6 Å². The molecular weight excluding hydrogens is 320 g/mol. The second-order valence-electron chi connectivity index (χ2n) is 6.05. The van der Waals surface area contributed by atoms with Gasteiger partial charge < -0.3 is 19.6 Å². The molecule has 1 aromatic carbocycles. The molecule has 0 radical (unpaired) electrons. The Labute approximate surface area is 145 Å². The SMILES string of the molecule is Cc1cc2c(c(=O)o1)[C@H](c1ccccc1OC(C)C)C(C#N)=C(N)O2. The molecule has 0 aliphatic carbocycles. The second-order valence-corrected chi connectivity index (χ2v) is 6.05. The lowest BCUT2D eigenvalue weighted by molar-refractivity contribution is 0.239. The fourth-order valence-electron chi connectivity index (χ4n) is 2.91. The number of aryl methyl sites for hydroxylation is 1. The van der Waals surface area contributed by atoms with Crippen molar-refractivity contribution >= 4 is 0 Å². The molecule has 0 unspecified atom stereocenters. The highest BCUT2D eigenvalue weighted by atomic mass is 16.5. The van der Waals surface area contributed by atoms with Gasteiger partial charge in [0, 0.05) is 11.6 Å². The Morgan fingerprint density at radius 3 is 2.72 bits per heavy atom. The number of nitrogens with zero attached hydrogens (tertiary/aromatic N) is 1. The predicted octanol–water partition coefficient (Wildman–Crippen LogP) is 2.95. The van der Waals surface area contributed by atoms with E-state index in [-0.39, 0.29) is 23.1 Å². The van der Waals surface area contributed by atoms with Gasteiger partial charge in [-0.15, -0.1) is 0 Å². The number of allylic oxidation sites excluding steroid dienone is 1.